The first-order chi connectivity index (χ1) is 12.5. The second-order valence-electron chi connectivity index (χ2n) is 5.39. The van der Waals surface area contributed by atoms with E-state index >= 15 is 0 Å². The third kappa shape index (κ3) is 2.94. The monoisotopic (exact) mass is 374 g/mol. The number of fused-ring (bicyclic) bond motifs is 1. The number of carbonyl (C=O) groups is 1. The molecule has 26 heavy (non-hydrogen) atoms. The van der Waals surface area contributed by atoms with Crippen LogP contribution in [0.5, 0.6) is 28.7 Å². The van der Waals surface area contributed by atoms with Crippen LogP contribution in [0.15, 0.2) is 34.1 Å². The molecule has 0 aliphatic carbocycles. The van der Waals surface area contributed by atoms with Crippen LogP contribution in [0.1, 0.15) is 15.9 Å². The van der Waals surface area contributed by atoms with E-state index in [4.69, 9.17) is 18.9 Å². The van der Waals surface area contributed by atoms with Crippen LogP contribution in [-0.4, -0.2) is 39.3 Å². The number of ether oxygens (including phenoxy) is 4. The number of benzene rings is 2. The quantitative estimate of drug-likeness (QED) is 0.799. The molecular weight excluding hydrogens is 356 g/mol. The van der Waals surface area contributed by atoms with Crippen LogP contribution in [0, 0.1) is 0 Å². The lowest BCUT2D eigenvalue weighted by Crippen LogP contribution is -2.02. The predicted octanol–water partition coefficient (Wildman–Crippen LogP) is 3.76. The predicted molar refractivity (Wildman–Crippen MR) is 98.9 cm³/mol. The van der Waals surface area contributed by atoms with Gasteiger partial charge in [-0.3, -0.25) is 4.79 Å². The molecule has 2 aromatic carbocycles. The van der Waals surface area contributed by atoms with Gasteiger partial charge in [-0.15, -0.1) is 0 Å². The first-order valence-corrected chi connectivity index (χ1v) is 8.49. The Morgan fingerprint density at radius 1 is 0.923 bits per heavy atom. The molecular formula is C19H18O6S. The topological polar surface area (TPSA) is 74.2 Å². The van der Waals surface area contributed by atoms with Gasteiger partial charge >= 0.3 is 0 Å². The highest BCUT2D eigenvalue weighted by Crippen LogP contribution is 2.52. The van der Waals surface area contributed by atoms with Gasteiger partial charge in [-0.25, -0.2) is 0 Å². The number of carbonyl (C=O) groups excluding carboxylic acids is 1. The summed E-state index contributed by atoms with van der Waals surface area (Å²) < 4.78 is 21.1. The average molecular weight is 374 g/mol. The summed E-state index contributed by atoms with van der Waals surface area (Å²) in [6.45, 7) is 0. The maximum atomic E-state index is 12.9. The molecule has 0 amide bonds. The van der Waals surface area contributed by atoms with Gasteiger partial charge in [0.2, 0.25) is 11.5 Å². The van der Waals surface area contributed by atoms with Crippen molar-refractivity contribution >= 4 is 23.6 Å². The number of hydrogen-bond donors (Lipinski definition) is 1. The number of methoxy groups -OCH3 is 4. The molecule has 1 N–H and O–H groups in total. The van der Waals surface area contributed by atoms with Crippen molar-refractivity contribution in [2.24, 2.45) is 0 Å². The summed E-state index contributed by atoms with van der Waals surface area (Å²) in [7, 11) is 5.99. The van der Waals surface area contributed by atoms with Gasteiger partial charge in [-0.2, -0.15) is 0 Å². The Labute approximate surface area is 155 Å². The molecule has 0 saturated heterocycles. The van der Waals surface area contributed by atoms with E-state index in [2.05, 4.69) is 0 Å². The molecule has 7 heteroatoms. The maximum absolute atomic E-state index is 12.9. The highest BCUT2D eigenvalue weighted by molar-refractivity contribution is 8.04. The molecule has 0 spiro atoms. The maximum Gasteiger partial charge on any atom is 0.204 e. The van der Waals surface area contributed by atoms with Crippen molar-refractivity contribution in [3.8, 4) is 28.7 Å². The van der Waals surface area contributed by atoms with Crippen molar-refractivity contribution in [1.82, 2.24) is 0 Å². The minimum atomic E-state index is -0.168. The van der Waals surface area contributed by atoms with Gasteiger partial charge in [0.15, 0.2) is 23.0 Å². The second-order valence-corrected chi connectivity index (χ2v) is 6.47. The number of rotatable bonds is 5. The van der Waals surface area contributed by atoms with Crippen molar-refractivity contribution < 1.29 is 28.8 Å². The zero-order valence-electron chi connectivity index (χ0n) is 14.8. The normalized spacial score (nSPS) is 14.3. The number of aromatic hydroxyl groups is 1. The van der Waals surface area contributed by atoms with Crippen molar-refractivity contribution in [2.75, 3.05) is 28.4 Å². The third-order valence-corrected chi connectivity index (χ3v) is 5.03. The van der Waals surface area contributed by atoms with Gasteiger partial charge in [0.1, 0.15) is 0 Å². The third-order valence-electron chi connectivity index (χ3n) is 3.97. The van der Waals surface area contributed by atoms with Crippen LogP contribution in [0.3, 0.4) is 0 Å². The van der Waals surface area contributed by atoms with Gasteiger partial charge in [0.25, 0.3) is 0 Å². The minimum absolute atomic E-state index is 0.00993. The number of hydrogen-bond acceptors (Lipinski definition) is 7. The SMILES string of the molecule is COc1ccc(/C=C2/Sc3cc(OC)c(OC)c(OC)c3C2=O)cc1O. The Kier molecular flexibility index (Phi) is 4.99. The van der Waals surface area contributed by atoms with E-state index in [9.17, 15) is 9.90 Å². The molecule has 3 rings (SSSR count). The lowest BCUT2D eigenvalue weighted by atomic mass is 10.1. The fraction of sp³-hybridized carbons (Fsp3) is 0.211. The molecule has 0 unspecified atom stereocenters. The molecule has 1 aliphatic heterocycles. The van der Waals surface area contributed by atoms with Crippen molar-refractivity contribution in [3.05, 3.63) is 40.3 Å². The van der Waals surface area contributed by atoms with Crippen LogP contribution < -0.4 is 18.9 Å². The number of ketones is 1. The van der Waals surface area contributed by atoms with Gasteiger partial charge in [-0.1, -0.05) is 17.8 Å². The van der Waals surface area contributed by atoms with E-state index in [0.717, 1.165) is 4.90 Å². The molecule has 2 aromatic rings. The molecule has 0 fully saturated rings. The highest BCUT2D eigenvalue weighted by atomic mass is 32.2. The fourth-order valence-corrected chi connectivity index (χ4v) is 3.84. The Bertz CT molecular complexity index is 903. The zero-order valence-corrected chi connectivity index (χ0v) is 15.6. The first kappa shape index (κ1) is 18.0. The lowest BCUT2D eigenvalue weighted by molar-refractivity contribution is 0.104. The molecule has 136 valence electrons. The summed E-state index contributed by atoms with van der Waals surface area (Å²) in [5.74, 6) is 1.43. The number of Topliss-reactive ketones (excluding diaryl/α,β-unsaturated/α-hetero) is 1. The van der Waals surface area contributed by atoms with Crippen molar-refractivity contribution in [1.29, 1.82) is 0 Å². The summed E-state index contributed by atoms with van der Waals surface area (Å²) in [5, 5.41) is 9.92. The molecule has 0 aromatic heterocycles. The van der Waals surface area contributed by atoms with E-state index in [0.29, 0.717) is 39.0 Å². The minimum Gasteiger partial charge on any atom is -0.504 e. The lowest BCUT2D eigenvalue weighted by Gasteiger charge is -2.14. The molecule has 0 radical (unpaired) electrons. The van der Waals surface area contributed by atoms with E-state index < -0.39 is 0 Å². The van der Waals surface area contributed by atoms with Crippen LogP contribution in [0.4, 0.5) is 0 Å². The van der Waals surface area contributed by atoms with E-state index in [-0.39, 0.29) is 11.5 Å². The number of allylic oxidation sites excluding steroid dienone is 1. The zero-order chi connectivity index (χ0) is 18.8. The summed E-state index contributed by atoms with van der Waals surface area (Å²) in [6.07, 6.45) is 1.71. The number of thioether (sulfide) groups is 1. The summed E-state index contributed by atoms with van der Waals surface area (Å²) in [6, 6.07) is 6.71. The molecule has 0 saturated carbocycles. The van der Waals surface area contributed by atoms with Crippen molar-refractivity contribution in [3.63, 3.8) is 0 Å². The standard InChI is InChI=1S/C19H18O6S/c1-22-12-6-5-10(7-11(12)20)8-15-17(21)16-14(26-15)9-13(23-2)18(24-3)19(16)25-4/h5-9,20H,1-4H3/b15-8+. The van der Waals surface area contributed by atoms with Gasteiger partial charge in [0, 0.05) is 4.90 Å². The van der Waals surface area contributed by atoms with Crippen molar-refractivity contribution in [2.45, 2.75) is 4.90 Å². The van der Waals surface area contributed by atoms with Gasteiger partial charge in [-0.05, 0) is 29.8 Å². The smallest absolute Gasteiger partial charge is 0.204 e. The molecule has 0 atom stereocenters. The fourth-order valence-electron chi connectivity index (χ4n) is 2.76. The second kappa shape index (κ2) is 7.21. The molecule has 0 bridgehead atoms. The number of phenols is 1. The highest BCUT2D eigenvalue weighted by Gasteiger charge is 2.33. The van der Waals surface area contributed by atoms with Crippen LogP contribution in [0.25, 0.3) is 6.08 Å². The van der Waals surface area contributed by atoms with Gasteiger partial charge < -0.3 is 24.1 Å². The Hall–Kier alpha value is -2.80. The summed E-state index contributed by atoms with van der Waals surface area (Å²) >= 11 is 1.32. The molecule has 1 heterocycles. The first-order valence-electron chi connectivity index (χ1n) is 7.68. The largest absolute Gasteiger partial charge is 0.504 e. The Morgan fingerprint density at radius 3 is 2.19 bits per heavy atom. The molecule has 6 nitrogen and oxygen atoms in total. The van der Waals surface area contributed by atoms with E-state index in [1.165, 1.54) is 40.2 Å². The van der Waals surface area contributed by atoms with Crippen LogP contribution >= 0.6 is 11.8 Å². The summed E-state index contributed by atoms with van der Waals surface area (Å²) in [4.78, 5) is 14.1. The summed E-state index contributed by atoms with van der Waals surface area (Å²) in [5.41, 5.74) is 1.13. The van der Waals surface area contributed by atoms with Crippen LogP contribution in [0.2, 0.25) is 0 Å². The molecule has 1 aliphatic rings. The Morgan fingerprint density at radius 2 is 1.62 bits per heavy atom. The number of phenolic OH excluding ortho intramolecular Hbond substituents is 1. The van der Waals surface area contributed by atoms with E-state index in [1.807, 2.05) is 0 Å². The Balaban J connectivity index is 2.06. The van der Waals surface area contributed by atoms with Gasteiger partial charge in [0.05, 0.1) is 38.9 Å². The average Bonchev–Trinajstić information content (AvgIpc) is 2.95. The van der Waals surface area contributed by atoms with E-state index in [1.54, 1.807) is 30.3 Å². The van der Waals surface area contributed by atoms with Crippen LogP contribution in [-0.2, 0) is 0 Å².